The Bertz CT molecular complexity index is 22.0. The summed E-state index contributed by atoms with van der Waals surface area (Å²) in [4.78, 5) is 0. The van der Waals surface area contributed by atoms with Crippen LogP contribution in [0.4, 0.5) is 0 Å². The van der Waals surface area contributed by atoms with E-state index in [4.69, 9.17) is 0 Å². The molecule has 0 rings (SSSR count). The Morgan fingerprint density at radius 1 is 0.500 bits per heavy atom. The zero-order valence-corrected chi connectivity index (χ0v) is 16.7. The predicted molar refractivity (Wildman–Crippen MR) is 42.0 cm³/mol. The molecule has 0 fully saturated rings. The molecule has 0 aliphatic rings. The molecule has 8 heavy (non-hydrogen) atoms. The molecule has 0 aliphatic heterocycles. The summed E-state index contributed by atoms with van der Waals surface area (Å²) in [6.45, 7) is 0. The molecule has 0 aromatic rings. The van der Waals surface area contributed by atoms with Crippen LogP contribution < -0.4 is 0 Å². The van der Waals surface area contributed by atoms with Gasteiger partial charge >= 0.3 is 104 Å². The van der Waals surface area contributed by atoms with E-state index < -0.39 is 0 Å². The van der Waals surface area contributed by atoms with E-state index in [0.717, 1.165) is 4.83 Å². The van der Waals surface area contributed by atoms with Gasteiger partial charge in [-0.1, -0.05) is 0 Å². The van der Waals surface area contributed by atoms with Crippen molar-refractivity contribution in [1.82, 2.24) is 0 Å². The van der Waals surface area contributed by atoms with Crippen LogP contribution in [0, 0.1) is 0 Å². The fourth-order valence-corrected chi connectivity index (χ4v) is 0. The van der Waals surface area contributed by atoms with Crippen molar-refractivity contribution in [1.29, 1.82) is 0 Å². The first kappa shape index (κ1) is 13.8. The van der Waals surface area contributed by atoms with E-state index in [1.165, 1.54) is 0 Å². The molecule has 0 unspecified atom stereocenters. The summed E-state index contributed by atoms with van der Waals surface area (Å²) in [5, 5.41) is 0. The summed E-state index contributed by atoms with van der Waals surface area (Å²) in [5.41, 5.74) is 0. The van der Waals surface area contributed by atoms with Gasteiger partial charge in [0.2, 0.25) is 0 Å². The molecule has 0 aliphatic carbocycles. The Morgan fingerprint density at radius 3 is 0.500 bits per heavy atom. The molecule has 0 aromatic heterocycles. The second-order valence-electron chi connectivity index (χ2n) is 0.866. The van der Waals surface area contributed by atoms with Gasteiger partial charge < -0.3 is 0 Å². The summed E-state index contributed by atoms with van der Waals surface area (Å²) in [7, 11) is 0. The van der Waals surface area contributed by atoms with Gasteiger partial charge in [-0.3, -0.25) is 0 Å². The predicted octanol–water partition coefficient (Wildman–Crippen LogP) is -1.61. The fraction of sp³-hybridized carbons (Fsp3) is 1.00. The molecular weight excluding hydrogens is 460 g/mol. The average molecular weight is 462 g/mol. The van der Waals surface area contributed by atoms with E-state index in [1.807, 2.05) is 0 Å². The second-order valence-corrected chi connectivity index (χ2v) is 23.4. The monoisotopic (exact) mass is 470 g/mol. The first-order valence-electron chi connectivity index (χ1n) is 1.73. The molecule has 34 valence electrons. The van der Waals surface area contributed by atoms with Crippen molar-refractivity contribution in [2.45, 2.75) is 4.83 Å². The molecule has 0 heterocycles. The summed E-state index contributed by atoms with van der Waals surface area (Å²) >= 11 is 13.0. The number of hydrogen-bond acceptors (Lipinski definition) is 0. The first-order valence-corrected chi connectivity index (χ1v) is 9.00. The summed E-state index contributed by atoms with van der Waals surface area (Å²) < 4.78 is 1.67. The van der Waals surface area contributed by atoms with Crippen LogP contribution in [0.5, 0.6) is 0 Å². The van der Waals surface area contributed by atoms with Crippen molar-refractivity contribution in [2.24, 2.45) is 0 Å². The molecule has 0 aromatic carbocycles. The fourth-order valence-electron chi connectivity index (χ4n) is 0. The van der Waals surface area contributed by atoms with Crippen molar-refractivity contribution in [3.63, 3.8) is 0 Å². The third-order valence-corrected chi connectivity index (χ3v) is 0. The van der Waals surface area contributed by atoms with Crippen LogP contribution in [0.1, 0.15) is 0 Å². The average Bonchev–Trinajstić information content (AvgIpc) is 1.25. The maximum atomic E-state index is 2.17. The molecule has 0 saturated heterocycles. The van der Waals surface area contributed by atoms with Crippen molar-refractivity contribution in [3.05, 3.63) is 0 Å². The van der Waals surface area contributed by atoms with Gasteiger partial charge in [-0.25, -0.2) is 0 Å². The van der Waals surface area contributed by atoms with Crippen molar-refractivity contribution in [3.8, 4) is 0 Å². The molecule has 18 radical (unpaired) electrons. The van der Waals surface area contributed by atoms with Gasteiger partial charge in [0.1, 0.15) is 0 Å². The summed E-state index contributed by atoms with van der Waals surface area (Å²) in [5.74, 6) is 0. The molecule has 6 heteroatoms. The normalized spacial score (nSPS) is 9.00. The molecule has 0 N–H and O–H groups in total. The molecule has 0 spiro atoms. The minimum atomic E-state index is 0.833. The Morgan fingerprint density at radius 2 is 0.500 bits per heavy atom. The molecule has 0 nitrogen and oxygen atoms in total. The summed E-state index contributed by atoms with van der Waals surface area (Å²) in [6.07, 6.45) is 0. The number of rotatable bonds is 0. The maximum absolute atomic E-state index is 2.17. The molecule has 0 bridgehead atoms. The SMILES string of the molecule is [Ge][CH]([Ge])[Ge].[Ge][CH]([Ge])[Ge]. The third-order valence-electron chi connectivity index (χ3n) is 0. The van der Waals surface area contributed by atoms with Gasteiger partial charge in [0.15, 0.2) is 0 Å². The van der Waals surface area contributed by atoms with Crippen molar-refractivity contribution >= 4 is 99.1 Å². The molecular formula is C2H2Ge6. The van der Waals surface area contributed by atoms with Crippen LogP contribution in [-0.4, -0.2) is 99.1 Å². The van der Waals surface area contributed by atoms with Gasteiger partial charge in [0.25, 0.3) is 0 Å². The van der Waals surface area contributed by atoms with Crippen LogP contribution in [-0.2, 0) is 0 Å². The first-order chi connectivity index (χ1) is 3.46. The van der Waals surface area contributed by atoms with Crippen LogP contribution in [0.3, 0.4) is 0 Å². The van der Waals surface area contributed by atoms with E-state index in [9.17, 15) is 0 Å². The van der Waals surface area contributed by atoms with E-state index in [-0.39, 0.29) is 0 Å². The van der Waals surface area contributed by atoms with Gasteiger partial charge in [0.05, 0.1) is 0 Å². The molecule has 0 saturated carbocycles. The molecule has 0 atom stereocenters. The van der Waals surface area contributed by atoms with Gasteiger partial charge in [-0.2, -0.15) is 0 Å². The zero-order chi connectivity index (χ0) is 7.15. The van der Waals surface area contributed by atoms with E-state index in [0.29, 0.717) is 0 Å². The van der Waals surface area contributed by atoms with Gasteiger partial charge in [-0.05, 0) is 0 Å². The van der Waals surface area contributed by atoms with Crippen LogP contribution >= 0.6 is 0 Å². The van der Waals surface area contributed by atoms with Crippen molar-refractivity contribution in [2.75, 3.05) is 0 Å². The summed E-state index contributed by atoms with van der Waals surface area (Å²) in [6, 6.07) is 0. The standard InChI is InChI=1S/2CHGe3/c2*2-1(3)4/h2*1H. The quantitative estimate of drug-likeness (QED) is 0.381. The van der Waals surface area contributed by atoms with Gasteiger partial charge in [0, 0.05) is 0 Å². The Balaban J connectivity index is 0. The van der Waals surface area contributed by atoms with E-state index in [1.54, 1.807) is 0 Å². The van der Waals surface area contributed by atoms with Crippen LogP contribution in [0.15, 0.2) is 0 Å². The Kier molecular flexibility index (Phi) is 17.7. The van der Waals surface area contributed by atoms with Crippen molar-refractivity contribution < 1.29 is 0 Å². The van der Waals surface area contributed by atoms with Gasteiger partial charge in [-0.15, -0.1) is 0 Å². The third kappa shape index (κ3) is 59.5. The van der Waals surface area contributed by atoms with E-state index in [2.05, 4.69) is 99.1 Å². The zero-order valence-electron chi connectivity index (χ0n) is 4.15. The Hall–Kier alpha value is 3.26. The van der Waals surface area contributed by atoms with Crippen LogP contribution in [0.25, 0.3) is 0 Å². The topological polar surface area (TPSA) is 0 Å². The Labute approximate surface area is 102 Å². The minimum absolute atomic E-state index is 0.833. The van der Waals surface area contributed by atoms with Crippen LogP contribution in [0.2, 0.25) is 4.83 Å². The second kappa shape index (κ2) is 10.3. The van der Waals surface area contributed by atoms with E-state index >= 15 is 0 Å². The molecule has 0 amide bonds. The number of hydrogen-bond donors (Lipinski definition) is 0.